The quantitative estimate of drug-likeness (QED) is 0.864. The van der Waals surface area contributed by atoms with Crippen molar-refractivity contribution in [2.24, 2.45) is 0 Å². The van der Waals surface area contributed by atoms with Crippen molar-refractivity contribution in [3.63, 3.8) is 0 Å². The first kappa shape index (κ1) is 17.6. The molecule has 136 valence electrons. The molecule has 3 amide bonds. The SMILES string of the molecule is COc1cc(C(=O)Nc2cccc(N3CCNC3=O)c2)cc(OC)c1C. The third-order valence-electron chi connectivity index (χ3n) is 4.29. The number of hydrogen-bond acceptors (Lipinski definition) is 4. The van der Waals surface area contributed by atoms with Crippen LogP contribution in [-0.2, 0) is 0 Å². The summed E-state index contributed by atoms with van der Waals surface area (Å²) in [5, 5.41) is 5.61. The number of nitrogens with zero attached hydrogens (tertiary/aromatic N) is 1. The number of carbonyl (C=O) groups excluding carboxylic acids is 2. The molecule has 0 atom stereocenters. The van der Waals surface area contributed by atoms with Crippen molar-refractivity contribution in [2.45, 2.75) is 6.92 Å². The third-order valence-corrected chi connectivity index (χ3v) is 4.29. The lowest BCUT2D eigenvalue weighted by molar-refractivity contribution is 0.102. The van der Waals surface area contributed by atoms with Crippen molar-refractivity contribution in [1.82, 2.24) is 5.32 Å². The summed E-state index contributed by atoms with van der Waals surface area (Å²) < 4.78 is 10.6. The van der Waals surface area contributed by atoms with E-state index in [0.717, 1.165) is 11.3 Å². The van der Waals surface area contributed by atoms with E-state index in [1.807, 2.05) is 13.0 Å². The van der Waals surface area contributed by atoms with Gasteiger partial charge in [-0.15, -0.1) is 0 Å². The van der Waals surface area contributed by atoms with Gasteiger partial charge in [0.25, 0.3) is 5.91 Å². The van der Waals surface area contributed by atoms with E-state index in [2.05, 4.69) is 10.6 Å². The second kappa shape index (κ2) is 7.35. The van der Waals surface area contributed by atoms with Gasteiger partial charge in [0.15, 0.2) is 0 Å². The number of rotatable bonds is 5. The van der Waals surface area contributed by atoms with Crippen molar-refractivity contribution in [3.05, 3.63) is 47.5 Å². The zero-order valence-corrected chi connectivity index (χ0v) is 15.0. The summed E-state index contributed by atoms with van der Waals surface area (Å²) in [6.45, 7) is 3.07. The molecule has 0 radical (unpaired) electrons. The van der Waals surface area contributed by atoms with Crippen LogP contribution in [0.15, 0.2) is 36.4 Å². The maximum Gasteiger partial charge on any atom is 0.321 e. The maximum atomic E-state index is 12.6. The van der Waals surface area contributed by atoms with Gasteiger partial charge in [-0.3, -0.25) is 9.69 Å². The van der Waals surface area contributed by atoms with Crippen molar-refractivity contribution in [2.75, 3.05) is 37.5 Å². The molecule has 3 rings (SSSR count). The molecule has 1 fully saturated rings. The van der Waals surface area contributed by atoms with Crippen LogP contribution < -0.4 is 25.0 Å². The zero-order valence-electron chi connectivity index (χ0n) is 15.0. The molecular formula is C19H21N3O4. The molecule has 0 aromatic heterocycles. The van der Waals surface area contributed by atoms with E-state index in [1.165, 1.54) is 0 Å². The van der Waals surface area contributed by atoms with E-state index in [-0.39, 0.29) is 11.9 Å². The number of benzene rings is 2. The zero-order chi connectivity index (χ0) is 18.7. The summed E-state index contributed by atoms with van der Waals surface area (Å²) >= 11 is 0. The van der Waals surface area contributed by atoms with Crippen molar-refractivity contribution in [1.29, 1.82) is 0 Å². The van der Waals surface area contributed by atoms with Gasteiger partial charge in [-0.1, -0.05) is 6.07 Å². The summed E-state index contributed by atoms with van der Waals surface area (Å²) in [6, 6.07) is 10.4. The first-order valence-corrected chi connectivity index (χ1v) is 8.23. The molecule has 7 heteroatoms. The smallest absolute Gasteiger partial charge is 0.321 e. The van der Waals surface area contributed by atoms with E-state index < -0.39 is 0 Å². The van der Waals surface area contributed by atoms with Crippen molar-refractivity contribution < 1.29 is 19.1 Å². The highest BCUT2D eigenvalue weighted by Crippen LogP contribution is 2.30. The van der Waals surface area contributed by atoms with Gasteiger partial charge in [-0.2, -0.15) is 0 Å². The minimum absolute atomic E-state index is 0.138. The number of urea groups is 1. The van der Waals surface area contributed by atoms with E-state index in [9.17, 15) is 9.59 Å². The first-order chi connectivity index (χ1) is 12.5. The molecule has 7 nitrogen and oxygen atoms in total. The number of anilines is 2. The fraction of sp³-hybridized carbons (Fsp3) is 0.263. The third kappa shape index (κ3) is 3.42. The Hall–Kier alpha value is -3.22. The number of amides is 3. The van der Waals surface area contributed by atoms with Crippen LogP contribution in [0.2, 0.25) is 0 Å². The standard InChI is InChI=1S/C19H21N3O4/c1-12-16(25-2)9-13(10-17(12)26-3)18(23)21-14-5-4-6-15(11-14)22-8-7-20-19(22)24/h4-6,9-11H,7-8H2,1-3H3,(H,20,24)(H,21,23). The van der Waals surface area contributed by atoms with Crippen molar-refractivity contribution in [3.8, 4) is 11.5 Å². The summed E-state index contributed by atoms with van der Waals surface area (Å²) in [7, 11) is 3.10. The van der Waals surface area contributed by atoms with E-state index in [0.29, 0.717) is 35.8 Å². The summed E-state index contributed by atoms with van der Waals surface area (Å²) in [6.07, 6.45) is 0. The van der Waals surface area contributed by atoms with Gasteiger partial charge in [-0.05, 0) is 37.3 Å². The Balaban J connectivity index is 1.83. The molecule has 0 saturated carbocycles. The fourth-order valence-corrected chi connectivity index (χ4v) is 2.89. The number of ether oxygens (including phenoxy) is 2. The second-order valence-electron chi connectivity index (χ2n) is 5.89. The number of hydrogen-bond donors (Lipinski definition) is 2. The van der Waals surface area contributed by atoms with Crippen LogP contribution in [0.3, 0.4) is 0 Å². The lowest BCUT2D eigenvalue weighted by Crippen LogP contribution is -2.27. The Labute approximate surface area is 151 Å². The van der Waals surface area contributed by atoms with Gasteiger partial charge in [0.1, 0.15) is 11.5 Å². The normalized spacial score (nSPS) is 13.3. The van der Waals surface area contributed by atoms with Crippen LogP contribution in [-0.4, -0.2) is 39.2 Å². The molecule has 0 unspecified atom stereocenters. The molecular weight excluding hydrogens is 334 g/mol. The average Bonchev–Trinajstić information content (AvgIpc) is 3.08. The first-order valence-electron chi connectivity index (χ1n) is 8.23. The Morgan fingerprint density at radius 1 is 1.15 bits per heavy atom. The Kier molecular flexibility index (Phi) is 4.97. The topological polar surface area (TPSA) is 79.9 Å². The average molecular weight is 355 g/mol. The monoisotopic (exact) mass is 355 g/mol. The highest BCUT2D eigenvalue weighted by molar-refractivity contribution is 6.05. The van der Waals surface area contributed by atoms with E-state index in [1.54, 1.807) is 49.5 Å². The highest BCUT2D eigenvalue weighted by atomic mass is 16.5. The van der Waals surface area contributed by atoms with E-state index in [4.69, 9.17) is 9.47 Å². The molecule has 1 saturated heterocycles. The van der Waals surface area contributed by atoms with Gasteiger partial charge in [0, 0.05) is 35.6 Å². The summed E-state index contributed by atoms with van der Waals surface area (Å²) in [5.74, 6) is 0.874. The maximum absolute atomic E-state index is 12.6. The van der Waals surface area contributed by atoms with Crippen LogP contribution >= 0.6 is 0 Å². The summed E-state index contributed by atoms with van der Waals surface area (Å²) in [5.41, 5.74) is 2.59. The predicted octanol–water partition coefficient (Wildman–Crippen LogP) is 2.79. The molecule has 2 aromatic carbocycles. The lowest BCUT2D eigenvalue weighted by atomic mass is 10.1. The molecule has 1 heterocycles. The van der Waals surface area contributed by atoms with Crippen LogP contribution in [0, 0.1) is 6.92 Å². The summed E-state index contributed by atoms with van der Waals surface area (Å²) in [4.78, 5) is 26.1. The molecule has 2 N–H and O–H groups in total. The molecule has 0 aliphatic carbocycles. The van der Waals surface area contributed by atoms with Gasteiger partial charge >= 0.3 is 6.03 Å². The second-order valence-corrected chi connectivity index (χ2v) is 5.89. The van der Waals surface area contributed by atoms with Gasteiger partial charge in [0.2, 0.25) is 0 Å². The van der Waals surface area contributed by atoms with Crippen LogP contribution in [0.4, 0.5) is 16.2 Å². The molecule has 1 aliphatic heterocycles. The fourth-order valence-electron chi connectivity index (χ4n) is 2.89. The van der Waals surface area contributed by atoms with Gasteiger partial charge in [0.05, 0.1) is 14.2 Å². The van der Waals surface area contributed by atoms with Gasteiger partial charge in [-0.25, -0.2) is 4.79 Å². The molecule has 0 spiro atoms. The minimum atomic E-state index is -0.287. The molecule has 1 aliphatic rings. The predicted molar refractivity (Wildman–Crippen MR) is 99.4 cm³/mol. The lowest BCUT2D eigenvalue weighted by Gasteiger charge is -2.16. The van der Waals surface area contributed by atoms with Crippen LogP contribution in [0.5, 0.6) is 11.5 Å². The Morgan fingerprint density at radius 3 is 2.42 bits per heavy atom. The van der Waals surface area contributed by atoms with Crippen LogP contribution in [0.1, 0.15) is 15.9 Å². The number of nitrogens with one attached hydrogen (secondary N) is 2. The molecule has 26 heavy (non-hydrogen) atoms. The molecule has 2 aromatic rings. The van der Waals surface area contributed by atoms with Crippen molar-refractivity contribution >= 4 is 23.3 Å². The Bertz CT molecular complexity index is 825. The largest absolute Gasteiger partial charge is 0.496 e. The highest BCUT2D eigenvalue weighted by Gasteiger charge is 2.21. The number of methoxy groups -OCH3 is 2. The van der Waals surface area contributed by atoms with Gasteiger partial charge < -0.3 is 20.1 Å². The Morgan fingerprint density at radius 2 is 1.85 bits per heavy atom. The van der Waals surface area contributed by atoms with Crippen LogP contribution in [0.25, 0.3) is 0 Å². The number of carbonyl (C=O) groups is 2. The molecule has 0 bridgehead atoms. The van der Waals surface area contributed by atoms with E-state index >= 15 is 0 Å². The minimum Gasteiger partial charge on any atom is -0.496 e.